The lowest BCUT2D eigenvalue weighted by Gasteiger charge is -2.33. The van der Waals surface area contributed by atoms with Crippen molar-refractivity contribution in [2.45, 2.75) is 90.2 Å². The number of thioether (sulfide) groups is 1. The van der Waals surface area contributed by atoms with E-state index in [1.807, 2.05) is 55.5 Å². The summed E-state index contributed by atoms with van der Waals surface area (Å²) in [6, 6.07) is 23.9. The maximum atomic E-state index is 13.8. The van der Waals surface area contributed by atoms with Crippen molar-refractivity contribution in [1.29, 1.82) is 0 Å². The third-order valence-electron chi connectivity index (χ3n) is 9.68. The zero-order valence-corrected chi connectivity index (χ0v) is 33.8. The molecule has 8 nitrogen and oxygen atoms in total. The standard InChI is InChI=1S/C44H51N3O5S2/c1-8-36(41(50)47-42-38(43(51)52-9-2)34-23-22-31(44(5,6)7)25-37(34)54-42)53-33-17-13-16-32(26-33)45-40(49)35(46-39(48)30-14-11-10-12-15-30)24-28-18-20-29(21-19-28)27(3)4/h10-21,24,26-27,31,36H,8-9,22-23,25H2,1-7H3,(H,45,49)(H,46,48)(H,47,50)/b35-24+. The Kier molecular flexibility index (Phi) is 13.6. The van der Waals surface area contributed by atoms with E-state index in [-0.39, 0.29) is 23.6 Å². The average molecular weight is 766 g/mol. The number of rotatable bonds is 13. The van der Waals surface area contributed by atoms with Crippen LogP contribution in [0.1, 0.15) is 110 Å². The number of hydrogen-bond acceptors (Lipinski definition) is 7. The summed E-state index contributed by atoms with van der Waals surface area (Å²) in [5, 5.41) is 8.92. The molecule has 10 heteroatoms. The monoisotopic (exact) mass is 765 g/mol. The van der Waals surface area contributed by atoms with E-state index in [1.54, 1.807) is 43.3 Å². The summed E-state index contributed by atoms with van der Waals surface area (Å²) in [5.41, 5.74) is 4.60. The molecule has 0 fully saturated rings. The molecule has 0 spiro atoms. The number of ether oxygens (including phenoxy) is 1. The van der Waals surface area contributed by atoms with E-state index < -0.39 is 23.0 Å². The third-order valence-corrected chi connectivity index (χ3v) is 12.2. The summed E-state index contributed by atoms with van der Waals surface area (Å²) in [7, 11) is 0. The first-order chi connectivity index (χ1) is 25.8. The highest BCUT2D eigenvalue weighted by Gasteiger charge is 2.35. The molecule has 3 aromatic carbocycles. The van der Waals surface area contributed by atoms with Gasteiger partial charge in [0, 0.05) is 21.0 Å². The predicted octanol–water partition coefficient (Wildman–Crippen LogP) is 10.1. The first-order valence-corrected chi connectivity index (χ1v) is 20.4. The van der Waals surface area contributed by atoms with Gasteiger partial charge in [-0.3, -0.25) is 14.4 Å². The van der Waals surface area contributed by atoms with Gasteiger partial charge in [-0.25, -0.2) is 4.79 Å². The average Bonchev–Trinajstić information content (AvgIpc) is 3.51. The Labute approximate surface area is 327 Å². The molecule has 3 amide bonds. The number of fused-ring (bicyclic) bond motifs is 1. The number of benzene rings is 3. The van der Waals surface area contributed by atoms with Crippen LogP contribution in [-0.4, -0.2) is 35.5 Å². The summed E-state index contributed by atoms with van der Waals surface area (Å²) < 4.78 is 5.45. The van der Waals surface area contributed by atoms with Crippen LogP contribution in [0.3, 0.4) is 0 Å². The second-order valence-electron chi connectivity index (χ2n) is 14.9. The van der Waals surface area contributed by atoms with Crippen molar-refractivity contribution in [2.24, 2.45) is 11.3 Å². The molecule has 1 aliphatic carbocycles. The normalized spacial score (nSPS) is 14.9. The zero-order valence-electron chi connectivity index (χ0n) is 32.2. The smallest absolute Gasteiger partial charge is 0.341 e. The molecule has 1 aliphatic rings. The minimum atomic E-state index is -0.485. The Balaban J connectivity index is 1.33. The van der Waals surface area contributed by atoms with Crippen LogP contribution >= 0.6 is 23.1 Å². The number of hydrogen-bond donors (Lipinski definition) is 3. The number of carbonyl (C=O) groups is 4. The predicted molar refractivity (Wildman–Crippen MR) is 221 cm³/mol. The van der Waals surface area contributed by atoms with E-state index in [0.29, 0.717) is 40.1 Å². The van der Waals surface area contributed by atoms with Gasteiger partial charge in [0.2, 0.25) is 5.91 Å². The summed E-state index contributed by atoms with van der Waals surface area (Å²) in [6.07, 6.45) is 4.82. The fourth-order valence-corrected chi connectivity index (χ4v) is 8.77. The molecule has 2 atom stereocenters. The molecule has 4 aromatic rings. The van der Waals surface area contributed by atoms with E-state index in [4.69, 9.17) is 4.74 Å². The maximum Gasteiger partial charge on any atom is 0.341 e. The van der Waals surface area contributed by atoms with Crippen LogP contribution < -0.4 is 16.0 Å². The molecular formula is C44H51N3O5S2. The van der Waals surface area contributed by atoms with Gasteiger partial charge in [-0.2, -0.15) is 0 Å². The van der Waals surface area contributed by atoms with Gasteiger partial charge in [-0.05, 0) is 103 Å². The first kappa shape index (κ1) is 40.5. The molecule has 0 aliphatic heterocycles. The fourth-order valence-electron chi connectivity index (χ4n) is 6.44. The van der Waals surface area contributed by atoms with Gasteiger partial charge >= 0.3 is 5.97 Å². The van der Waals surface area contributed by atoms with Crippen LogP contribution in [-0.2, 0) is 27.2 Å². The highest BCUT2D eigenvalue weighted by Crippen LogP contribution is 2.45. The molecule has 0 saturated carbocycles. The lowest BCUT2D eigenvalue weighted by Crippen LogP contribution is -2.30. The van der Waals surface area contributed by atoms with Gasteiger partial charge < -0.3 is 20.7 Å². The molecule has 1 aromatic heterocycles. The topological polar surface area (TPSA) is 114 Å². The Morgan fingerprint density at radius 2 is 1.67 bits per heavy atom. The molecule has 284 valence electrons. The second kappa shape index (κ2) is 18.1. The van der Waals surface area contributed by atoms with E-state index in [0.717, 1.165) is 40.2 Å². The molecule has 0 saturated heterocycles. The van der Waals surface area contributed by atoms with Crippen molar-refractivity contribution in [3.05, 3.63) is 117 Å². The molecule has 2 unspecified atom stereocenters. The highest BCUT2D eigenvalue weighted by atomic mass is 32.2. The van der Waals surface area contributed by atoms with Crippen LogP contribution in [0, 0.1) is 11.3 Å². The molecular weight excluding hydrogens is 715 g/mol. The van der Waals surface area contributed by atoms with Gasteiger partial charge in [0.15, 0.2) is 0 Å². The van der Waals surface area contributed by atoms with Crippen molar-refractivity contribution in [2.75, 3.05) is 17.2 Å². The lowest BCUT2D eigenvalue weighted by molar-refractivity contribution is -0.116. The maximum absolute atomic E-state index is 13.8. The minimum Gasteiger partial charge on any atom is -0.462 e. The summed E-state index contributed by atoms with van der Waals surface area (Å²) in [6.45, 7) is 15.0. The van der Waals surface area contributed by atoms with Gasteiger partial charge in [0.05, 0.1) is 17.4 Å². The highest BCUT2D eigenvalue weighted by molar-refractivity contribution is 8.00. The van der Waals surface area contributed by atoms with Crippen molar-refractivity contribution in [3.63, 3.8) is 0 Å². The second-order valence-corrected chi connectivity index (χ2v) is 17.3. The summed E-state index contributed by atoms with van der Waals surface area (Å²) in [4.78, 5) is 55.9. The van der Waals surface area contributed by atoms with E-state index in [9.17, 15) is 19.2 Å². The number of anilines is 2. The van der Waals surface area contributed by atoms with Crippen molar-refractivity contribution < 1.29 is 23.9 Å². The molecule has 0 radical (unpaired) electrons. The number of esters is 1. The van der Waals surface area contributed by atoms with E-state index >= 15 is 0 Å². The van der Waals surface area contributed by atoms with Crippen molar-refractivity contribution >= 4 is 63.6 Å². The zero-order chi connectivity index (χ0) is 39.0. The van der Waals surface area contributed by atoms with Gasteiger partial charge in [-0.15, -0.1) is 23.1 Å². The van der Waals surface area contributed by atoms with E-state index in [1.165, 1.54) is 28.7 Å². The quantitative estimate of drug-likeness (QED) is 0.0710. The number of carbonyl (C=O) groups excluding carboxylic acids is 4. The third kappa shape index (κ3) is 10.3. The summed E-state index contributed by atoms with van der Waals surface area (Å²) >= 11 is 2.87. The molecule has 1 heterocycles. The Hall–Kier alpha value is -4.67. The number of nitrogens with one attached hydrogen (secondary N) is 3. The molecule has 3 N–H and O–H groups in total. The SMILES string of the molecule is CCOC(=O)c1c(NC(=O)C(CC)Sc2cccc(NC(=O)/C(=C\c3ccc(C(C)C)cc3)NC(=O)c3ccccc3)c2)sc2c1CCC(C(C)(C)C)C2. The number of amides is 3. The molecule has 54 heavy (non-hydrogen) atoms. The van der Waals surface area contributed by atoms with Gasteiger partial charge in [0.25, 0.3) is 11.8 Å². The van der Waals surface area contributed by atoms with Crippen LogP contribution in [0.25, 0.3) is 6.08 Å². The lowest BCUT2D eigenvalue weighted by atomic mass is 9.72. The van der Waals surface area contributed by atoms with E-state index in [2.05, 4.69) is 50.6 Å². The van der Waals surface area contributed by atoms with Gasteiger partial charge in [-0.1, -0.05) is 90.1 Å². The van der Waals surface area contributed by atoms with Crippen LogP contribution in [0.4, 0.5) is 10.7 Å². The molecule has 5 rings (SSSR count). The minimum absolute atomic E-state index is 0.0925. The Bertz CT molecular complexity index is 1990. The number of thiophene rings is 1. The largest absolute Gasteiger partial charge is 0.462 e. The fraction of sp³-hybridized carbons (Fsp3) is 0.364. The van der Waals surface area contributed by atoms with Crippen molar-refractivity contribution in [1.82, 2.24) is 5.32 Å². The van der Waals surface area contributed by atoms with Crippen LogP contribution in [0.15, 0.2) is 89.5 Å². The van der Waals surface area contributed by atoms with Crippen LogP contribution in [0.2, 0.25) is 0 Å². The summed E-state index contributed by atoms with van der Waals surface area (Å²) in [5.74, 6) is -0.645. The first-order valence-electron chi connectivity index (χ1n) is 18.7. The molecule has 0 bridgehead atoms. The van der Waals surface area contributed by atoms with Crippen LogP contribution in [0.5, 0.6) is 0 Å². The van der Waals surface area contributed by atoms with Crippen molar-refractivity contribution in [3.8, 4) is 0 Å². The van der Waals surface area contributed by atoms with Gasteiger partial charge in [0.1, 0.15) is 10.7 Å². The Morgan fingerprint density at radius 1 is 0.944 bits per heavy atom. The Morgan fingerprint density at radius 3 is 2.31 bits per heavy atom.